The van der Waals surface area contributed by atoms with Crippen molar-refractivity contribution in [1.82, 2.24) is 10.2 Å². The standard InChI is InChI=1S/C15H30N2O3/c1-4-8-16-14(15(18)20-3)7-10-17-9-5-6-13(11-17)12-19-2/h13-14,16H,4-12H2,1-3H3. The molecule has 2 atom stereocenters. The van der Waals surface area contributed by atoms with E-state index < -0.39 is 0 Å². The molecule has 118 valence electrons. The maximum Gasteiger partial charge on any atom is 0.322 e. The van der Waals surface area contributed by atoms with Crippen molar-refractivity contribution < 1.29 is 14.3 Å². The molecular formula is C15H30N2O3. The molecule has 0 radical (unpaired) electrons. The molecule has 2 unspecified atom stereocenters. The Labute approximate surface area is 123 Å². The summed E-state index contributed by atoms with van der Waals surface area (Å²) in [5, 5.41) is 3.27. The third kappa shape index (κ3) is 6.20. The quantitative estimate of drug-likeness (QED) is 0.647. The molecule has 0 aromatic rings. The molecule has 1 aliphatic rings. The maximum atomic E-state index is 11.7. The first-order chi connectivity index (χ1) is 9.71. The number of likely N-dealkylation sites (tertiary alicyclic amines) is 1. The van der Waals surface area contributed by atoms with Gasteiger partial charge in [0.15, 0.2) is 0 Å². The van der Waals surface area contributed by atoms with Crippen molar-refractivity contribution in [2.75, 3.05) is 47.0 Å². The predicted octanol–water partition coefficient (Wildman–Crippen LogP) is 1.28. The van der Waals surface area contributed by atoms with Crippen molar-refractivity contribution in [3.63, 3.8) is 0 Å². The average Bonchev–Trinajstić information content (AvgIpc) is 2.47. The summed E-state index contributed by atoms with van der Waals surface area (Å²) in [6.45, 7) is 6.94. The van der Waals surface area contributed by atoms with Crippen LogP contribution >= 0.6 is 0 Å². The van der Waals surface area contributed by atoms with Crippen molar-refractivity contribution in [2.24, 2.45) is 5.92 Å². The molecular weight excluding hydrogens is 256 g/mol. The van der Waals surface area contributed by atoms with Crippen molar-refractivity contribution >= 4 is 5.97 Å². The van der Waals surface area contributed by atoms with E-state index in [1.54, 1.807) is 7.11 Å². The summed E-state index contributed by atoms with van der Waals surface area (Å²) in [5.74, 6) is 0.484. The summed E-state index contributed by atoms with van der Waals surface area (Å²) in [7, 11) is 3.22. The highest BCUT2D eigenvalue weighted by Gasteiger charge is 2.23. The Morgan fingerprint density at radius 2 is 2.25 bits per heavy atom. The number of carbonyl (C=O) groups is 1. The van der Waals surface area contributed by atoms with E-state index in [-0.39, 0.29) is 12.0 Å². The Bertz CT molecular complexity index is 272. The zero-order valence-electron chi connectivity index (χ0n) is 13.2. The molecule has 0 saturated carbocycles. The van der Waals surface area contributed by atoms with Crippen LogP contribution in [-0.4, -0.2) is 63.9 Å². The van der Waals surface area contributed by atoms with Gasteiger partial charge in [0.25, 0.3) is 0 Å². The van der Waals surface area contributed by atoms with Crippen molar-refractivity contribution in [1.29, 1.82) is 0 Å². The lowest BCUT2D eigenvalue weighted by Crippen LogP contribution is -2.43. The number of ether oxygens (including phenoxy) is 2. The van der Waals surface area contributed by atoms with Gasteiger partial charge >= 0.3 is 5.97 Å². The van der Waals surface area contributed by atoms with Crippen LogP contribution in [0.3, 0.4) is 0 Å². The number of hydrogen-bond donors (Lipinski definition) is 1. The van der Waals surface area contributed by atoms with Gasteiger partial charge < -0.3 is 19.7 Å². The van der Waals surface area contributed by atoms with E-state index in [0.29, 0.717) is 5.92 Å². The van der Waals surface area contributed by atoms with E-state index in [4.69, 9.17) is 9.47 Å². The number of esters is 1. The van der Waals surface area contributed by atoms with Crippen LogP contribution in [-0.2, 0) is 14.3 Å². The first-order valence-corrected chi connectivity index (χ1v) is 7.73. The molecule has 1 heterocycles. The predicted molar refractivity (Wildman–Crippen MR) is 79.8 cm³/mol. The summed E-state index contributed by atoms with van der Waals surface area (Å²) in [5.41, 5.74) is 0. The molecule has 0 amide bonds. The number of nitrogens with zero attached hydrogens (tertiary/aromatic N) is 1. The van der Waals surface area contributed by atoms with Crippen molar-refractivity contribution in [3.8, 4) is 0 Å². The van der Waals surface area contributed by atoms with Crippen LogP contribution in [0.15, 0.2) is 0 Å². The van der Waals surface area contributed by atoms with E-state index in [0.717, 1.165) is 45.6 Å². The normalized spacial score (nSPS) is 21.6. The molecule has 1 rings (SSSR count). The Hall–Kier alpha value is -0.650. The van der Waals surface area contributed by atoms with Gasteiger partial charge in [-0.2, -0.15) is 0 Å². The minimum atomic E-state index is -0.178. The van der Waals surface area contributed by atoms with Gasteiger partial charge in [0, 0.05) is 20.2 Å². The lowest BCUT2D eigenvalue weighted by Gasteiger charge is -2.33. The van der Waals surface area contributed by atoms with E-state index in [1.165, 1.54) is 20.0 Å². The third-order valence-corrected chi connectivity index (χ3v) is 3.87. The summed E-state index contributed by atoms with van der Waals surface area (Å²) in [4.78, 5) is 14.2. The van der Waals surface area contributed by atoms with Crippen LogP contribution in [0.5, 0.6) is 0 Å². The van der Waals surface area contributed by atoms with Crippen molar-refractivity contribution in [3.05, 3.63) is 0 Å². The second-order valence-corrected chi connectivity index (χ2v) is 5.58. The zero-order chi connectivity index (χ0) is 14.8. The highest BCUT2D eigenvalue weighted by molar-refractivity contribution is 5.75. The fraction of sp³-hybridized carbons (Fsp3) is 0.933. The topological polar surface area (TPSA) is 50.8 Å². The van der Waals surface area contributed by atoms with Crippen LogP contribution in [0.4, 0.5) is 0 Å². The van der Waals surface area contributed by atoms with Gasteiger partial charge in [0.05, 0.1) is 13.7 Å². The molecule has 1 saturated heterocycles. The molecule has 5 heteroatoms. The second-order valence-electron chi connectivity index (χ2n) is 5.58. The molecule has 0 aromatic carbocycles. The Balaban J connectivity index is 2.35. The zero-order valence-corrected chi connectivity index (χ0v) is 13.2. The number of nitrogens with one attached hydrogen (secondary N) is 1. The van der Waals surface area contributed by atoms with E-state index >= 15 is 0 Å². The Morgan fingerprint density at radius 1 is 1.45 bits per heavy atom. The van der Waals surface area contributed by atoms with Crippen LogP contribution < -0.4 is 5.32 Å². The number of methoxy groups -OCH3 is 2. The second kappa shape index (κ2) is 10.1. The largest absolute Gasteiger partial charge is 0.468 e. The smallest absolute Gasteiger partial charge is 0.322 e. The number of piperidine rings is 1. The van der Waals surface area contributed by atoms with E-state index in [1.807, 2.05) is 0 Å². The van der Waals surface area contributed by atoms with Crippen molar-refractivity contribution in [2.45, 2.75) is 38.6 Å². The summed E-state index contributed by atoms with van der Waals surface area (Å²) in [6, 6.07) is -0.178. The van der Waals surface area contributed by atoms with Crippen LogP contribution in [0.1, 0.15) is 32.6 Å². The van der Waals surface area contributed by atoms with Gasteiger partial charge in [0.1, 0.15) is 6.04 Å². The van der Waals surface area contributed by atoms with Gasteiger partial charge in [-0.25, -0.2) is 0 Å². The molecule has 0 aliphatic carbocycles. The third-order valence-electron chi connectivity index (χ3n) is 3.87. The first-order valence-electron chi connectivity index (χ1n) is 7.73. The highest BCUT2D eigenvalue weighted by Crippen LogP contribution is 2.17. The fourth-order valence-electron chi connectivity index (χ4n) is 2.80. The molecule has 20 heavy (non-hydrogen) atoms. The number of rotatable bonds is 9. The van der Waals surface area contributed by atoms with Crippen LogP contribution in [0.2, 0.25) is 0 Å². The molecule has 0 spiro atoms. The van der Waals surface area contributed by atoms with E-state index in [9.17, 15) is 4.79 Å². The summed E-state index contributed by atoms with van der Waals surface area (Å²) >= 11 is 0. The number of carbonyl (C=O) groups excluding carboxylic acids is 1. The molecule has 1 N–H and O–H groups in total. The minimum Gasteiger partial charge on any atom is -0.468 e. The van der Waals surface area contributed by atoms with Gasteiger partial charge in [-0.1, -0.05) is 6.92 Å². The molecule has 5 nitrogen and oxygen atoms in total. The molecule has 0 aromatic heterocycles. The maximum absolute atomic E-state index is 11.7. The SMILES string of the molecule is CCCNC(CCN1CCCC(COC)C1)C(=O)OC. The van der Waals surface area contributed by atoms with Gasteiger partial charge in [-0.3, -0.25) is 4.79 Å². The van der Waals surface area contributed by atoms with Gasteiger partial charge in [0.2, 0.25) is 0 Å². The Kier molecular flexibility index (Phi) is 8.82. The highest BCUT2D eigenvalue weighted by atomic mass is 16.5. The number of hydrogen-bond acceptors (Lipinski definition) is 5. The molecule has 0 bridgehead atoms. The molecule has 1 aliphatic heterocycles. The fourth-order valence-corrected chi connectivity index (χ4v) is 2.80. The van der Waals surface area contributed by atoms with Gasteiger partial charge in [-0.05, 0) is 44.7 Å². The lowest BCUT2D eigenvalue weighted by atomic mass is 9.98. The van der Waals surface area contributed by atoms with Crippen LogP contribution in [0.25, 0.3) is 0 Å². The summed E-state index contributed by atoms with van der Waals surface area (Å²) < 4.78 is 10.1. The minimum absolute atomic E-state index is 0.149. The summed E-state index contributed by atoms with van der Waals surface area (Å²) in [6.07, 6.45) is 4.30. The lowest BCUT2D eigenvalue weighted by molar-refractivity contribution is -0.143. The Morgan fingerprint density at radius 3 is 2.90 bits per heavy atom. The monoisotopic (exact) mass is 286 g/mol. The van der Waals surface area contributed by atoms with Crippen LogP contribution in [0, 0.1) is 5.92 Å². The van der Waals surface area contributed by atoms with E-state index in [2.05, 4.69) is 17.1 Å². The van der Waals surface area contributed by atoms with Gasteiger partial charge in [-0.15, -0.1) is 0 Å². The average molecular weight is 286 g/mol. The first kappa shape index (κ1) is 17.4. The molecule has 1 fully saturated rings.